The number of hydrogen-bond donors (Lipinski definition) is 2. The Kier molecular flexibility index (Phi) is 25.7. The van der Waals surface area contributed by atoms with Gasteiger partial charge in [-0.3, -0.25) is 0 Å². The maximum absolute atomic E-state index is 7.57. The molecule has 0 aromatic heterocycles. The highest BCUT2D eigenvalue weighted by Gasteiger charge is 1.92. The summed E-state index contributed by atoms with van der Waals surface area (Å²) in [7, 11) is 0. The van der Waals surface area contributed by atoms with Gasteiger partial charge in [0.25, 0.3) is 0 Å². The van der Waals surface area contributed by atoms with Crippen LogP contribution in [-0.2, 0) is 0 Å². The van der Waals surface area contributed by atoms with Gasteiger partial charge in [0.15, 0.2) is 0 Å². The van der Waals surface area contributed by atoms with Gasteiger partial charge in [-0.05, 0) is 19.9 Å². The minimum atomic E-state index is 0.250. The molecule has 0 radical (unpaired) electrons. The van der Waals surface area contributed by atoms with Crippen LogP contribution >= 0.6 is 0 Å². The van der Waals surface area contributed by atoms with Gasteiger partial charge >= 0.3 is 0 Å². The van der Waals surface area contributed by atoms with Gasteiger partial charge in [0, 0.05) is 6.61 Å². The van der Waals surface area contributed by atoms with Gasteiger partial charge in [0.05, 0.1) is 0 Å². The molecule has 0 saturated carbocycles. The molecule has 3 N–H and O–H groups in total. The quantitative estimate of drug-likeness (QED) is 0.462. The standard InChI is InChI=1S/C15H33N.C2H6O/c1-2-3-4-5-6-7-8-9-10-11-12-13-14-15-16;1-2-3/h2-16H2,1H3;3H,2H2,1H3. The van der Waals surface area contributed by atoms with Gasteiger partial charge in [-0.25, -0.2) is 0 Å². The molecule has 2 heteroatoms. The molecule has 0 aromatic rings. The second-order valence-electron chi connectivity index (χ2n) is 5.35. The fraction of sp³-hybridized carbons (Fsp3) is 1.00. The normalized spacial score (nSPS) is 10.1. The molecule has 0 spiro atoms. The summed E-state index contributed by atoms with van der Waals surface area (Å²) in [5, 5.41) is 7.57. The Morgan fingerprint density at radius 3 is 1.11 bits per heavy atom. The summed E-state index contributed by atoms with van der Waals surface area (Å²) in [5.41, 5.74) is 5.46. The number of hydrogen-bond acceptors (Lipinski definition) is 2. The van der Waals surface area contributed by atoms with Crippen molar-refractivity contribution in [3.63, 3.8) is 0 Å². The van der Waals surface area contributed by atoms with Crippen LogP contribution in [0.5, 0.6) is 0 Å². The zero-order valence-corrected chi connectivity index (χ0v) is 13.6. The van der Waals surface area contributed by atoms with E-state index in [9.17, 15) is 0 Å². The molecule has 0 amide bonds. The lowest BCUT2D eigenvalue weighted by Gasteiger charge is -2.02. The SMILES string of the molecule is CCCCCCCCCCCCCCCN.CCO. The Labute approximate surface area is 122 Å². The lowest BCUT2D eigenvalue weighted by Crippen LogP contribution is -1.97. The Hall–Kier alpha value is -0.0800. The molecule has 19 heavy (non-hydrogen) atoms. The Bertz CT molecular complexity index is 114. The molecule has 0 aromatic carbocycles. The minimum absolute atomic E-state index is 0.250. The molecular weight excluding hydrogens is 234 g/mol. The van der Waals surface area contributed by atoms with Crippen LogP contribution in [0, 0.1) is 0 Å². The Balaban J connectivity index is 0. The van der Waals surface area contributed by atoms with Crippen molar-refractivity contribution in [2.75, 3.05) is 13.2 Å². The van der Waals surface area contributed by atoms with Crippen LogP contribution in [-0.4, -0.2) is 18.3 Å². The molecule has 2 nitrogen and oxygen atoms in total. The van der Waals surface area contributed by atoms with Crippen molar-refractivity contribution in [3.8, 4) is 0 Å². The number of aliphatic hydroxyl groups excluding tert-OH is 1. The predicted octanol–water partition coefficient (Wildman–Crippen LogP) is 5.03. The minimum Gasteiger partial charge on any atom is -0.397 e. The predicted molar refractivity (Wildman–Crippen MR) is 87.5 cm³/mol. The van der Waals surface area contributed by atoms with E-state index < -0.39 is 0 Å². The number of nitrogens with two attached hydrogens (primary N) is 1. The van der Waals surface area contributed by atoms with Gasteiger partial charge < -0.3 is 10.8 Å². The van der Waals surface area contributed by atoms with Crippen LogP contribution in [0.4, 0.5) is 0 Å². The molecule has 0 saturated heterocycles. The van der Waals surface area contributed by atoms with Gasteiger partial charge in [0.2, 0.25) is 0 Å². The van der Waals surface area contributed by atoms with Crippen molar-refractivity contribution in [3.05, 3.63) is 0 Å². The van der Waals surface area contributed by atoms with E-state index in [4.69, 9.17) is 10.8 Å². The summed E-state index contributed by atoms with van der Waals surface area (Å²) in [4.78, 5) is 0. The van der Waals surface area contributed by atoms with Crippen LogP contribution in [0.25, 0.3) is 0 Å². The van der Waals surface area contributed by atoms with E-state index in [2.05, 4.69) is 6.92 Å². The second-order valence-corrected chi connectivity index (χ2v) is 5.35. The van der Waals surface area contributed by atoms with Crippen LogP contribution in [0.15, 0.2) is 0 Å². The zero-order valence-electron chi connectivity index (χ0n) is 13.6. The molecule has 0 bridgehead atoms. The third-order valence-corrected chi connectivity index (χ3v) is 3.31. The highest BCUT2D eigenvalue weighted by molar-refractivity contribution is 4.48. The van der Waals surface area contributed by atoms with Gasteiger partial charge in [-0.2, -0.15) is 0 Å². The summed E-state index contributed by atoms with van der Waals surface area (Å²) in [6, 6.07) is 0. The molecular formula is C17H39NO. The Morgan fingerprint density at radius 2 is 0.842 bits per heavy atom. The van der Waals surface area contributed by atoms with Crippen LogP contribution in [0.2, 0.25) is 0 Å². The molecule has 0 aliphatic carbocycles. The highest BCUT2D eigenvalue weighted by atomic mass is 16.2. The van der Waals surface area contributed by atoms with Crippen LogP contribution in [0.3, 0.4) is 0 Å². The fourth-order valence-electron chi connectivity index (χ4n) is 2.16. The number of aliphatic hydroxyl groups is 1. The monoisotopic (exact) mass is 273 g/mol. The smallest absolute Gasteiger partial charge is 0.0402 e. The van der Waals surface area contributed by atoms with E-state index in [1.165, 1.54) is 83.5 Å². The lowest BCUT2D eigenvalue weighted by atomic mass is 10.0. The second kappa shape index (κ2) is 23.0. The first-order chi connectivity index (χ1) is 9.33. The van der Waals surface area contributed by atoms with E-state index >= 15 is 0 Å². The zero-order chi connectivity index (χ0) is 14.6. The van der Waals surface area contributed by atoms with E-state index in [1.807, 2.05) is 0 Å². The van der Waals surface area contributed by atoms with E-state index in [1.54, 1.807) is 6.92 Å². The largest absolute Gasteiger partial charge is 0.397 e. The first-order valence-electron chi connectivity index (χ1n) is 8.64. The van der Waals surface area contributed by atoms with E-state index in [-0.39, 0.29) is 6.61 Å². The lowest BCUT2D eigenvalue weighted by molar-refractivity contribution is 0.318. The summed E-state index contributed by atoms with van der Waals surface area (Å²) in [6.45, 7) is 5.09. The molecule has 0 heterocycles. The third-order valence-electron chi connectivity index (χ3n) is 3.31. The van der Waals surface area contributed by atoms with Gasteiger partial charge in [0.1, 0.15) is 0 Å². The van der Waals surface area contributed by atoms with Crippen LogP contribution in [0.1, 0.15) is 97.3 Å². The Morgan fingerprint density at radius 1 is 0.579 bits per heavy atom. The van der Waals surface area contributed by atoms with Gasteiger partial charge in [-0.1, -0.05) is 84.0 Å². The first-order valence-corrected chi connectivity index (χ1v) is 8.64. The van der Waals surface area contributed by atoms with Crippen molar-refractivity contribution in [2.24, 2.45) is 5.73 Å². The van der Waals surface area contributed by atoms with Crippen molar-refractivity contribution in [1.29, 1.82) is 0 Å². The van der Waals surface area contributed by atoms with E-state index in [0.717, 1.165) is 6.54 Å². The highest BCUT2D eigenvalue weighted by Crippen LogP contribution is 2.12. The first kappa shape index (κ1) is 21.2. The average molecular weight is 274 g/mol. The van der Waals surface area contributed by atoms with Crippen molar-refractivity contribution >= 4 is 0 Å². The van der Waals surface area contributed by atoms with Crippen molar-refractivity contribution < 1.29 is 5.11 Å². The third kappa shape index (κ3) is 27.2. The molecule has 0 aliphatic heterocycles. The molecule has 0 aliphatic rings. The molecule has 118 valence electrons. The molecule has 0 fully saturated rings. The fourth-order valence-corrected chi connectivity index (χ4v) is 2.16. The summed E-state index contributed by atoms with van der Waals surface area (Å²) in [5.74, 6) is 0. The number of rotatable bonds is 13. The summed E-state index contributed by atoms with van der Waals surface area (Å²) in [6.07, 6.45) is 18.4. The molecule has 0 rings (SSSR count). The maximum atomic E-state index is 7.57. The topological polar surface area (TPSA) is 46.2 Å². The maximum Gasteiger partial charge on any atom is 0.0402 e. The van der Waals surface area contributed by atoms with Crippen molar-refractivity contribution in [2.45, 2.75) is 97.3 Å². The summed E-state index contributed by atoms with van der Waals surface area (Å²) >= 11 is 0. The van der Waals surface area contributed by atoms with Gasteiger partial charge in [-0.15, -0.1) is 0 Å². The van der Waals surface area contributed by atoms with Crippen LogP contribution < -0.4 is 5.73 Å². The summed E-state index contributed by atoms with van der Waals surface area (Å²) < 4.78 is 0. The van der Waals surface area contributed by atoms with E-state index in [0.29, 0.717) is 0 Å². The molecule has 0 unspecified atom stereocenters. The average Bonchev–Trinajstić information content (AvgIpc) is 2.41. The molecule has 0 atom stereocenters. The number of unbranched alkanes of at least 4 members (excludes halogenated alkanes) is 12. The van der Waals surface area contributed by atoms with Crippen molar-refractivity contribution in [1.82, 2.24) is 0 Å².